The first kappa shape index (κ1) is 8.41. The minimum atomic E-state index is 0.879. The standard InChI is InChI=1S/C12H11N3/c1-15-11-5-3-2-4-9(11)8-10-12(15)14-7-6-13-10/h2-7H,8H2,1H3. The number of anilines is 2. The summed E-state index contributed by atoms with van der Waals surface area (Å²) in [6, 6.07) is 8.38. The summed E-state index contributed by atoms with van der Waals surface area (Å²) < 4.78 is 0. The summed E-state index contributed by atoms with van der Waals surface area (Å²) >= 11 is 0. The van der Waals surface area contributed by atoms with Crippen LogP contribution in [0.1, 0.15) is 11.3 Å². The van der Waals surface area contributed by atoms with Crippen LogP contribution in [0, 0.1) is 0 Å². The van der Waals surface area contributed by atoms with Crippen molar-refractivity contribution in [1.29, 1.82) is 0 Å². The highest BCUT2D eigenvalue weighted by Gasteiger charge is 2.20. The number of para-hydroxylation sites is 1. The van der Waals surface area contributed by atoms with Crippen LogP contribution >= 0.6 is 0 Å². The van der Waals surface area contributed by atoms with Gasteiger partial charge in [-0.1, -0.05) is 18.2 Å². The van der Waals surface area contributed by atoms with E-state index in [-0.39, 0.29) is 0 Å². The zero-order valence-electron chi connectivity index (χ0n) is 8.51. The summed E-state index contributed by atoms with van der Waals surface area (Å²) in [5, 5.41) is 0. The third-order valence-corrected chi connectivity index (χ3v) is 2.78. The fourth-order valence-electron chi connectivity index (χ4n) is 2.05. The molecule has 15 heavy (non-hydrogen) atoms. The lowest BCUT2D eigenvalue weighted by molar-refractivity contribution is 0.947. The molecule has 3 heteroatoms. The summed E-state index contributed by atoms with van der Waals surface area (Å²) in [5.41, 5.74) is 3.59. The molecule has 0 fully saturated rings. The average molecular weight is 197 g/mol. The fourth-order valence-corrected chi connectivity index (χ4v) is 2.05. The van der Waals surface area contributed by atoms with Gasteiger partial charge in [0.2, 0.25) is 0 Å². The van der Waals surface area contributed by atoms with Crippen LogP contribution in [0.4, 0.5) is 11.5 Å². The Morgan fingerprint density at radius 1 is 1.13 bits per heavy atom. The highest BCUT2D eigenvalue weighted by atomic mass is 15.2. The van der Waals surface area contributed by atoms with Crippen molar-refractivity contribution in [1.82, 2.24) is 9.97 Å². The molecule has 0 unspecified atom stereocenters. The molecule has 3 rings (SSSR count). The van der Waals surface area contributed by atoms with E-state index in [4.69, 9.17) is 0 Å². The molecule has 1 aromatic carbocycles. The number of rotatable bonds is 0. The van der Waals surface area contributed by atoms with Crippen LogP contribution < -0.4 is 4.90 Å². The van der Waals surface area contributed by atoms with Crippen molar-refractivity contribution >= 4 is 11.5 Å². The molecule has 0 saturated heterocycles. The van der Waals surface area contributed by atoms with Gasteiger partial charge in [-0.25, -0.2) is 4.98 Å². The molecule has 1 aliphatic heterocycles. The minimum Gasteiger partial charge on any atom is -0.328 e. The Balaban J connectivity index is 2.20. The molecule has 2 heterocycles. The van der Waals surface area contributed by atoms with Gasteiger partial charge in [0.05, 0.1) is 5.69 Å². The molecule has 74 valence electrons. The molecular weight excluding hydrogens is 186 g/mol. The summed E-state index contributed by atoms with van der Waals surface area (Å²) in [6.45, 7) is 0. The van der Waals surface area contributed by atoms with Crippen LogP contribution in [-0.4, -0.2) is 17.0 Å². The van der Waals surface area contributed by atoms with E-state index >= 15 is 0 Å². The molecule has 0 saturated carbocycles. The Kier molecular flexibility index (Phi) is 1.71. The van der Waals surface area contributed by atoms with E-state index in [1.165, 1.54) is 11.3 Å². The van der Waals surface area contributed by atoms with Crippen molar-refractivity contribution in [2.24, 2.45) is 0 Å². The zero-order valence-corrected chi connectivity index (χ0v) is 8.51. The van der Waals surface area contributed by atoms with Crippen molar-refractivity contribution in [3.63, 3.8) is 0 Å². The predicted octanol–water partition coefficient (Wildman–Crippen LogP) is 2.15. The van der Waals surface area contributed by atoms with E-state index in [0.29, 0.717) is 0 Å². The zero-order chi connectivity index (χ0) is 10.3. The van der Waals surface area contributed by atoms with Crippen molar-refractivity contribution < 1.29 is 0 Å². The smallest absolute Gasteiger partial charge is 0.154 e. The topological polar surface area (TPSA) is 29.0 Å². The second-order valence-electron chi connectivity index (χ2n) is 3.69. The third-order valence-electron chi connectivity index (χ3n) is 2.78. The van der Waals surface area contributed by atoms with Crippen LogP contribution in [0.5, 0.6) is 0 Å². The third kappa shape index (κ3) is 1.20. The maximum Gasteiger partial charge on any atom is 0.154 e. The molecule has 0 amide bonds. The number of benzene rings is 1. The molecule has 1 aromatic heterocycles. The highest BCUT2D eigenvalue weighted by molar-refractivity contribution is 5.69. The van der Waals surface area contributed by atoms with E-state index in [2.05, 4.69) is 39.1 Å². The summed E-state index contributed by atoms with van der Waals surface area (Å²) in [7, 11) is 2.03. The number of aromatic nitrogens is 2. The monoisotopic (exact) mass is 197 g/mol. The first-order valence-corrected chi connectivity index (χ1v) is 4.98. The Morgan fingerprint density at radius 2 is 1.93 bits per heavy atom. The first-order valence-electron chi connectivity index (χ1n) is 4.98. The molecule has 0 bridgehead atoms. The molecule has 2 aromatic rings. The van der Waals surface area contributed by atoms with E-state index in [1.807, 2.05) is 7.05 Å². The summed E-state index contributed by atoms with van der Waals surface area (Å²) in [4.78, 5) is 10.8. The van der Waals surface area contributed by atoms with Gasteiger partial charge in [-0.2, -0.15) is 0 Å². The summed E-state index contributed by atoms with van der Waals surface area (Å²) in [6.07, 6.45) is 4.37. The van der Waals surface area contributed by atoms with Crippen LogP contribution in [0.2, 0.25) is 0 Å². The van der Waals surface area contributed by atoms with Crippen LogP contribution in [0.3, 0.4) is 0 Å². The molecule has 0 spiro atoms. The number of hydrogen-bond acceptors (Lipinski definition) is 3. The van der Waals surface area contributed by atoms with Crippen molar-refractivity contribution in [2.45, 2.75) is 6.42 Å². The van der Waals surface area contributed by atoms with Gasteiger partial charge in [0.25, 0.3) is 0 Å². The molecular formula is C12H11N3. The Bertz CT molecular complexity index is 462. The Labute approximate surface area is 88.4 Å². The highest BCUT2D eigenvalue weighted by Crippen LogP contribution is 2.34. The molecule has 1 aliphatic rings. The van der Waals surface area contributed by atoms with Gasteiger partial charge in [0.1, 0.15) is 0 Å². The van der Waals surface area contributed by atoms with Gasteiger partial charge < -0.3 is 4.90 Å². The normalized spacial score (nSPS) is 13.3. The summed E-state index contributed by atoms with van der Waals surface area (Å²) in [5.74, 6) is 0.969. The van der Waals surface area contributed by atoms with Crippen molar-refractivity contribution in [3.8, 4) is 0 Å². The van der Waals surface area contributed by atoms with E-state index in [0.717, 1.165) is 17.9 Å². The Morgan fingerprint density at radius 3 is 2.87 bits per heavy atom. The Hall–Kier alpha value is -1.90. The second-order valence-corrected chi connectivity index (χ2v) is 3.69. The first-order chi connectivity index (χ1) is 7.36. The lowest BCUT2D eigenvalue weighted by Gasteiger charge is -2.27. The van der Waals surface area contributed by atoms with Gasteiger partial charge in [-0.15, -0.1) is 0 Å². The fraction of sp³-hybridized carbons (Fsp3) is 0.167. The van der Waals surface area contributed by atoms with E-state index in [1.54, 1.807) is 12.4 Å². The minimum absolute atomic E-state index is 0.879. The van der Waals surface area contributed by atoms with E-state index in [9.17, 15) is 0 Å². The lowest BCUT2D eigenvalue weighted by atomic mass is 10.0. The maximum absolute atomic E-state index is 4.36. The van der Waals surface area contributed by atoms with Gasteiger partial charge >= 0.3 is 0 Å². The van der Waals surface area contributed by atoms with Gasteiger partial charge in [0, 0.05) is 31.5 Å². The second kappa shape index (κ2) is 3.05. The number of nitrogens with zero attached hydrogens (tertiary/aromatic N) is 3. The molecule has 3 nitrogen and oxygen atoms in total. The van der Waals surface area contributed by atoms with Crippen molar-refractivity contribution in [2.75, 3.05) is 11.9 Å². The lowest BCUT2D eigenvalue weighted by Crippen LogP contribution is -2.20. The van der Waals surface area contributed by atoms with Crippen LogP contribution in [0.15, 0.2) is 36.7 Å². The molecule has 0 radical (unpaired) electrons. The molecule has 0 N–H and O–H groups in total. The van der Waals surface area contributed by atoms with Gasteiger partial charge in [-0.3, -0.25) is 4.98 Å². The van der Waals surface area contributed by atoms with E-state index < -0.39 is 0 Å². The van der Waals surface area contributed by atoms with Crippen molar-refractivity contribution in [3.05, 3.63) is 47.9 Å². The van der Waals surface area contributed by atoms with Crippen LogP contribution in [0.25, 0.3) is 0 Å². The van der Waals surface area contributed by atoms with Gasteiger partial charge in [0.15, 0.2) is 5.82 Å². The maximum atomic E-state index is 4.36. The largest absolute Gasteiger partial charge is 0.328 e. The van der Waals surface area contributed by atoms with Gasteiger partial charge in [-0.05, 0) is 11.6 Å². The predicted molar refractivity (Wildman–Crippen MR) is 59.3 cm³/mol. The van der Waals surface area contributed by atoms with Crippen LogP contribution in [-0.2, 0) is 6.42 Å². The molecule has 0 aliphatic carbocycles. The quantitative estimate of drug-likeness (QED) is 0.648. The number of fused-ring (bicyclic) bond motifs is 2. The molecule has 0 atom stereocenters. The SMILES string of the molecule is CN1c2ccccc2Cc2nccnc21. The average Bonchev–Trinajstić information content (AvgIpc) is 2.30. The number of hydrogen-bond donors (Lipinski definition) is 0.